The molecule has 0 unspecified atom stereocenters. The van der Waals surface area contributed by atoms with Gasteiger partial charge >= 0.3 is 0 Å². The van der Waals surface area contributed by atoms with Gasteiger partial charge in [-0.3, -0.25) is 4.79 Å². The normalized spacial score (nSPS) is 10.2. The molecule has 108 valence electrons. The fourth-order valence-electron chi connectivity index (χ4n) is 1.87. The Hall–Kier alpha value is -1.79. The van der Waals surface area contributed by atoms with Crippen LogP contribution in [0.15, 0.2) is 40.9 Å². The summed E-state index contributed by atoms with van der Waals surface area (Å²) >= 11 is 8.16. The number of benzene rings is 2. The molecule has 0 saturated carbocycles. The minimum Gasteiger partial charge on any atom is -0.389 e. The van der Waals surface area contributed by atoms with E-state index in [2.05, 4.69) is 21.2 Å². The fourth-order valence-corrected chi connectivity index (χ4v) is 2.75. The molecular weight excluding hydrogens is 355 g/mol. The molecule has 1 amide bonds. The lowest BCUT2D eigenvalue weighted by Crippen LogP contribution is -2.19. The first-order valence-electron chi connectivity index (χ1n) is 6.06. The van der Waals surface area contributed by atoms with E-state index in [0.29, 0.717) is 10.0 Å². The van der Waals surface area contributed by atoms with E-state index in [1.807, 2.05) is 19.1 Å². The van der Waals surface area contributed by atoms with Crippen LogP contribution in [0.3, 0.4) is 0 Å². The van der Waals surface area contributed by atoms with Gasteiger partial charge in [0.2, 0.25) is 0 Å². The number of anilines is 1. The molecule has 21 heavy (non-hydrogen) atoms. The van der Waals surface area contributed by atoms with Gasteiger partial charge < -0.3 is 11.1 Å². The van der Waals surface area contributed by atoms with Crippen LogP contribution in [0.5, 0.6) is 0 Å². The molecule has 6 heteroatoms. The van der Waals surface area contributed by atoms with Crippen LogP contribution >= 0.6 is 28.1 Å². The second kappa shape index (κ2) is 6.32. The Bertz CT molecular complexity index is 734. The maximum Gasteiger partial charge on any atom is 0.256 e. The maximum absolute atomic E-state index is 13.8. The van der Waals surface area contributed by atoms with E-state index in [4.69, 9.17) is 18.0 Å². The Labute approximate surface area is 135 Å². The van der Waals surface area contributed by atoms with Gasteiger partial charge in [-0.25, -0.2) is 4.39 Å². The number of carbonyl (C=O) groups is 1. The summed E-state index contributed by atoms with van der Waals surface area (Å²) in [4.78, 5) is 12.2. The summed E-state index contributed by atoms with van der Waals surface area (Å²) in [5.41, 5.74) is 7.26. The number of thiocarbonyl (C=S) groups is 1. The van der Waals surface area contributed by atoms with Crippen molar-refractivity contribution in [2.24, 2.45) is 5.73 Å². The van der Waals surface area contributed by atoms with E-state index < -0.39 is 5.82 Å². The summed E-state index contributed by atoms with van der Waals surface area (Å²) in [6.45, 7) is 1.92. The first kappa shape index (κ1) is 15.6. The van der Waals surface area contributed by atoms with Crippen molar-refractivity contribution >= 4 is 44.7 Å². The Balaban J connectivity index is 2.36. The van der Waals surface area contributed by atoms with Crippen molar-refractivity contribution in [3.8, 4) is 0 Å². The number of halogens is 2. The minimum atomic E-state index is -0.566. The van der Waals surface area contributed by atoms with E-state index in [0.717, 1.165) is 5.56 Å². The average molecular weight is 367 g/mol. The molecule has 0 aliphatic rings. The third kappa shape index (κ3) is 3.46. The van der Waals surface area contributed by atoms with Crippen LogP contribution in [0.1, 0.15) is 21.5 Å². The summed E-state index contributed by atoms with van der Waals surface area (Å²) in [5, 5.41) is 2.63. The molecule has 0 atom stereocenters. The summed E-state index contributed by atoms with van der Waals surface area (Å²) < 4.78 is 14.4. The molecule has 2 rings (SSSR count). The minimum absolute atomic E-state index is 0.0316. The zero-order valence-corrected chi connectivity index (χ0v) is 13.5. The van der Waals surface area contributed by atoms with E-state index >= 15 is 0 Å². The first-order chi connectivity index (χ1) is 9.90. The van der Waals surface area contributed by atoms with E-state index in [1.54, 1.807) is 12.1 Å². The molecule has 0 aliphatic heterocycles. The summed E-state index contributed by atoms with van der Waals surface area (Å²) in [7, 11) is 0. The molecule has 0 heterocycles. The molecule has 0 fully saturated rings. The molecule has 2 aromatic rings. The summed E-state index contributed by atoms with van der Waals surface area (Å²) in [5.74, 6) is -0.937. The Kier molecular flexibility index (Phi) is 4.69. The van der Waals surface area contributed by atoms with E-state index in [9.17, 15) is 9.18 Å². The molecule has 2 aromatic carbocycles. The number of carbonyl (C=O) groups excluding carboxylic acids is 1. The van der Waals surface area contributed by atoms with Gasteiger partial charge in [-0.15, -0.1) is 0 Å². The van der Waals surface area contributed by atoms with Crippen LogP contribution in [-0.4, -0.2) is 10.9 Å². The van der Waals surface area contributed by atoms with Crippen molar-refractivity contribution in [3.63, 3.8) is 0 Å². The number of nitrogens with one attached hydrogen (secondary N) is 1. The lowest BCUT2D eigenvalue weighted by atomic mass is 10.1. The van der Waals surface area contributed by atoms with Gasteiger partial charge in [0.05, 0.1) is 16.8 Å². The van der Waals surface area contributed by atoms with Crippen LogP contribution < -0.4 is 11.1 Å². The highest BCUT2D eigenvalue weighted by Gasteiger charge is 2.15. The fraction of sp³-hybridized carbons (Fsp3) is 0.0667. The van der Waals surface area contributed by atoms with Crippen molar-refractivity contribution in [1.29, 1.82) is 0 Å². The molecular formula is C15H12BrFN2OS. The lowest BCUT2D eigenvalue weighted by Gasteiger charge is -2.12. The Morgan fingerprint density at radius 3 is 2.67 bits per heavy atom. The molecule has 0 saturated heterocycles. The number of hydrogen-bond donors (Lipinski definition) is 2. The predicted molar refractivity (Wildman–Crippen MR) is 89.1 cm³/mol. The predicted octanol–water partition coefficient (Wildman–Crippen LogP) is 3.78. The number of rotatable bonds is 3. The van der Waals surface area contributed by atoms with E-state index in [1.165, 1.54) is 12.1 Å². The van der Waals surface area contributed by atoms with Crippen molar-refractivity contribution in [3.05, 3.63) is 63.4 Å². The molecule has 3 N–H and O–H groups in total. The van der Waals surface area contributed by atoms with Gasteiger partial charge in [0.1, 0.15) is 10.8 Å². The van der Waals surface area contributed by atoms with Gasteiger partial charge in [-0.2, -0.15) is 0 Å². The highest BCUT2D eigenvalue weighted by molar-refractivity contribution is 9.10. The maximum atomic E-state index is 13.8. The summed E-state index contributed by atoms with van der Waals surface area (Å²) in [6, 6.07) is 9.61. The standard InChI is InChI=1S/C15H12BrFN2OS/c1-8-5-6-9(10(16)7-8)15(20)19-12-4-2-3-11(17)13(12)14(18)21/h2-7H,1H3,(H2,18,21)(H,19,20). The van der Waals surface area contributed by atoms with Gasteiger partial charge in [0.25, 0.3) is 5.91 Å². The van der Waals surface area contributed by atoms with Crippen LogP contribution in [0, 0.1) is 12.7 Å². The van der Waals surface area contributed by atoms with Crippen molar-refractivity contribution in [2.75, 3.05) is 5.32 Å². The molecule has 0 aromatic heterocycles. The quantitative estimate of drug-likeness (QED) is 0.812. The highest BCUT2D eigenvalue weighted by Crippen LogP contribution is 2.23. The van der Waals surface area contributed by atoms with Gasteiger partial charge in [-0.05, 0) is 52.7 Å². The molecule has 0 bridgehead atoms. The SMILES string of the molecule is Cc1ccc(C(=O)Nc2cccc(F)c2C(N)=S)c(Br)c1. The van der Waals surface area contributed by atoms with Crippen LogP contribution in [0.25, 0.3) is 0 Å². The van der Waals surface area contributed by atoms with Gasteiger partial charge in [0, 0.05) is 4.47 Å². The largest absolute Gasteiger partial charge is 0.389 e. The number of amides is 1. The average Bonchev–Trinajstić information content (AvgIpc) is 2.37. The van der Waals surface area contributed by atoms with Crippen molar-refractivity contribution in [1.82, 2.24) is 0 Å². The van der Waals surface area contributed by atoms with Crippen LogP contribution in [0.4, 0.5) is 10.1 Å². The number of nitrogens with two attached hydrogens (primary N) is 1. The van der Waals surface area contributed by atoms with Gasteiger partial charge in [0.15, 0.2) is 0 Å². The molecule has 0 aliphatic carbocycles. The molecule has 0 spiro atoms. The highest BCUT2D eigenvalue weighted by atomic mass is 79.9. The van der Waals surface area contributed by atoms with E-state index in [-0.39, 0.29) is 22.1 Å². The smallest absolute Gasteiger partial charge is 0.256 e. The number of aryl methyl sites for hydroxylation is 1. The molecule has 0 radical (unpaired) electrons. The first-order valence-corrected chi connectivity index (χ1v) is 7.26. The second-order valence-electron chi connectivity index (χ2n) is 4.46. The Morgan fingerprint density at radius 2 is 2.05 bits per heavy atom. The monoisotopic (exact) mass is 366 g/mol. The third-order valence-corrected chi connectivity index (χ3v) is 3.74. The van der Waals surface area contributed by atoms with Gasteiger partial charge in [-0.1, -0.05) is 24.4 Å². The van der Waals surface area contributed by atoms with Crippen LogP contribution in [0.2, 0.25) is 0 Å². The summed E-state index contributed by atoms with van der Waals surface area (Å²) in [6.07, 6.45) is 0. The van der Waals surface area contributed by atoms with Crippen molar-refractivity contribution in [2.45, 2.75) is 6.92 Å². The Morgan fingerprint density at radius 1 is 1.33 bits per heavy atom. The van der Waals surface area contributed by atoms with Crippen molar-refractivity contribution < 1.29 is 9.18 Å². The lowest BCUT2D eigenvalue weighted by molar-refractivity contribution is 0.102. The zero-order valence-electron chi connectivity index (χ0n) is 11.1. The third-order valence-electron chi connectivity index (χ3n) is 2.88. The zero-order chi connectivity index (χ0) is 15.6. The topological polar surface area (TPSA) is 55.1 Å². The second-order valence-corrected chi connectivity index (χ2v) is 5.76. The molecule has 3 nitrogen and oxygen atoms in total. The van der Waals surface area contributed by atoms with Crippen LogP contribution in [-0.2, 0) is 0 Å². The number of hydrogen-bond acceptors (Lipinski definition) is 2.